The summed E-state index contributed by atoms with van der Waals surface area (Å²) < 4.78 is 17.0. The Morgan fingerprint density at radius 3 is 2.67 bits per heavy atom. The Labute approximate surface area is 82.5 Å². The van der Waals surface area contributed by atoms with E-state index < -0.39 is 10.8 Å². The average molecular weight is 249 g/mol. The molecule has 0 bridgehead atoms. The third-order valence-corrected chi connectivity index (χ3v) is 3.03. The lowest BCUT2D eigenvalue weighted by atomic mass is 10.3. The highest BCUT2D eigenvalue weighted by atomic mass is 79.9. The van der Waals surface area contributed by atoms with Crippen LogP contribution in [0.15, 0.2) is 27.6 Å². The molecule has 66 valence electrons. The quantitative estimate of drug-likeness (QED) is 0.803. The van der Waals surface area contributed by atoms with E-state index in [1.54, 1.807) is 19.4 Å². The van der Waals surface area contributed by atoms with Gasteiger partial charge in [-0.05, 0) is 34.1 Å². The number of ether oxygens (including phenoxy) is 1. The van der Waals surface area contributed by atoms with Crippen molar-refractivity contribution in [2.24, 2.45) is 0 Å². The molecule has 0 aliphatic rings. The number of methoxy groups -OCH3 is 1. The number of benzene rings is 1. The largest absolute Gasteiger partial charge is 0.496 e. The van der Waals surface area contributed by atoms with Gasteiger partial charge in [-0.2, -0.15) is 0 Å². The summed E-state index contributed by atoms with van der Waals surface area (Å²) in [6.45, 7) is 0. The van der Waals surface area contributed by atoms with Gasteiger partial charge >= 0.3 is 0 Å². The fraction of sp³-hybridized carbons (Fsp3) is 0.250. The molecule has 0 aliphatic heterocycles. The van der Waals surface area contributed by atoms with Gasteiger partial charge in [-0.1, -0.05) is 0 Å². The van der Waals surface area contributed by atoms with E-state index in [9.17, 15) is 4.21 Å². The Balaban J connectivity index is 3.13. The highest BCUT2D eigenvalue weighted by Crippen LogP contribution is 2.26. The maximum Gasteiger partial charge on any atom is 0.134 e. The predicted octanol–water partition coefficient (Wildman–Crippen LogP) is 2.20. The third kappa shape index (κ3) is 2.08. The molecule has 0 spiro atoms. The molecule has 1 aromatic rings. The summed E-state index contributed by atoms with van der Waals surface area (Å²) >= 11 is 3.32. The van der Waals surface area contributed by atoms with Crippen LogP contribution in [0.25, 0.3) is 0 Å². The summed E-state index contributed by atoms with van der Waals surface area (Å²) in [6.07, 6.45) is 1.64. The van der Waals surface area contributed by atoms with Crippen LogP contribution in [0, 0.1) is 0 Å². The fourth-order valence-electron chi connectivity index (χ4n) is 0.819. The Morgan fingerprint density at radius 2 is 2.17 bits per heavy atom. The molecule has 0 saturated heterocycles. The minimum atomic E-state index is -0.950. The molecular formula is C8H9BrO2S. The van der Waals surface area contributed by atoms with Crippen molar-refractivity contribution in [1.82, 2.24) is 0 Å². The van der Waals surface area contributed by atoms with Crippen LogP contribution in [0.3, 0.4) is 0 Å². The monoisotopic (exact) mass is 248 g/mol. The Hall–Kier alpha value is -0.350. The van der Waals surface area contributed by atoms with Gasteiger partial charge in [0.1, 0.15) is 5.75 Å². The Kier molecular flexibility index (Phi) is 3.29. The Morgan fingerprint density at radius 1 is 1.50 bits per heavy atom. The van der Waals surface area contributed by atoms with Crippen LogP contribution in [-0.4, -0.2) is 17.6 Å². The van der Waals surface area contributed by atoms with Gasteiger partial charge in [0, 0.05) is 22.0 Å². The van der Waals surface area contributed by atoms with E-state index in [0.717, 1.165) is 9.37 Å². The second-order valence-electron chi connectivity index (χ2n) is 2.25. The molecule has 12 heavy (non-hydrogen) atoms. The summed E-state index contributed by atoms with van der Waals surface area (Å²) in [5, 5.41) is 0. The molecule has 0 saturated carbocycles. The van der Waals surface area contributed by atoms with Crippen LogP contribution in [0.2, 0.25) is 0 Å². The molecule has 0 fully saturated rings. The molecule has 1 aromatic carbocycles. The van der Waals surface area contributed by atoms with Crippen molar-refractivity contribution < 1.29 is 8.95 Å². The number of halogens is 1. The maximum absolute atomic E-state index is 11.1. The first kappa shape index (κ1) is 9.74. The van der Waals surface area contributed by atoms with Gasteiger partial charge in [0.15, 0.2) is 0 Å². The van der Waals surface area contributed by atoms with Crippen LogP contribution in [0.4, 0.5) is 0 Å². The SMILES string of the molecule is COc1cc(S(C)=O)ccc1Br. The van der Waals surface area contributed by atoms with Crippen molar-refractivity contribution in [2.45, 2.75) is 4.90 Å². The molecule has 0 N–H and O–H groups in total. The first-order valence-electron chi connectivity index (χ1n) is 3.32. The van der Waals surface area contributed by atoms with E-state index in [2.05, 4.69) is 15.9 Å². The number of hydrogen-bond donors (Lipinski definition) is 0. The predicted molar refractivity (Wildman–Crippen MR) is 53.0 cm³/mol. The number of hydrogen-bond acceptors (Lipinski definition) is 2. The van der Waals surface area contributed by atoms with Gasteiger partial charge in [-0.15, -0.1) is 0 Å². The standard InChI is InChI=1S/C8H9BrO2S/c1-11-8-5-6(12(2)10)3-4-7(8)9/h3-5H,1-2H3. The maximum atomic E-state index is 11.1. The zero-order valence-corrected chi connectivity index (χ0v) is 9.24. The molecule has 4 heteroatoms. The van der Waals surface area contributed by atoms with E-state index >= 15 is 0 Å². The van der Waals surface area contributed by atoms with Crippen molar-refractivity contribution >= 4 is 26.7 Å². The minimum absolute atomic E-state index is 0.711. The zero-order chi connectivity index (χ0) is 9.14. The molecule has 0 radical (unpaired) electrons. The van der Waals surface area contributed by atoms with Crippen molar-refractivity contribution in [3.63, 3.8) is 0 Å². The van der Waals surface area contributed by atoms with Crippen molar-refractivity contribution in [3.8, 4) is 5.75 Å². The molecule has 0 amide bonds. The molecule has 1 unspecified atom stereocenters. The average Bonchev–Trinajstić information content (AvgIpc) is 2.05. The van der Waals surface area contributed by atoms with E-state index in [1.165, 1.54) is 0 Å². The first-order valence-corrected chi connectivity index (χ1v) is 5.67. The lowest BCUT2D eigenvalue weighted by Gasteiger charge is -2.03. The topological polar surface area (TPSA) is 26.3 Å². The fourth-order valence-corrected chi connectivity index (χ4v) is 1.76. The van der Waals surface area contributed by atoms with Crippen LogP contribution in [0.5, 0.6) is 5.75 Å². The van der Waals surface area contributed by atoms with E-state index in [0.29, 0.717) is 5.75 Å². The lowest BCUT2D eigenvalue weighted by Crippen LogP contribution is -1.90. The highest BCUT2D eigenvalue weighted by molar-refractivity contribution is 9.10. The molecule has 1 rings (SSSR count). The lowest BCUT2D eigenvalue weighted by molar-refractivity contribution is 0.411. The van der Waals surface area contributed by atoms with Gasteiger partial charge in [0.05, 0.1) is 11.6 Å². The summed E-state index contributed by atoms with van der Waals surface area (Å²) in [7, 11) is 0.636. The van der Waals surface area contributed by atoms with Gasteiger partial charge < -0.3 is 4.74 Å². The van der Waals surface area contributed by atoms with Crippen LogP contribution >= 0.6 is 15.9 Å². The van der Waals surface area contributed by atoms with Crippen LogP contribution in [-0.2, 0) is 10.8 Å². The first-order chi connectivity index (χ1) is 5.65. The van der Waals surface area contributed by atoms with Gasteiger partial charge in [-0.25, -0.2) is 0 Å². The molecule has 0 heterocycles. The molecule has 1 atom stereocenters. The molecule has 2 nitrogen and oxygen atoms in total. The van der Waals surface area contributed by atoms with Gasteiger partial charge in [-0.3, -0.25) is 4.21 Å². The summed E-state index contributed by atoms with van der Waals surface area (Å²) in [5.41, 5.74) is 0. The van der Waals surface area contributed by atoms with Gasteiger partial charge in [0.2, 0.25) is 0 Å². The molecular weight excluding hydrogens is 240 g/mol. The second-order valence-corrected chi connectivity index (χ2v) is 4.48. The zero-order valence-electron chi connectivity index (χ0n) is 6.83. The summed E-state index contributed by atoms with van der Waals surface area (Å²) in [5.74, 6) is 0.711. The minimum Gasteiger partial charge on any atom is -0.496 e. The molecule has 0 aromatic heterocycles. The molecule has 0 aliphatic carbocycles. The normalized spacial score (nSPS) is 12.6. The second kappa shape index (κ2) is 4.05. The Bertz CT molecular complexity index is 312. The highest BCUT2D eigenvalue weighted by Gasteiger charge is 2.03. The van der Waals surface area contributed by atoms with E-state index in [1.807, 2.05) is 12.1 Å². The van der Waals surface area contributed by atoms with Crippen molar-refractivity contribution in [2.75, 3.05) is 13.4 Å². The van der Waals surface area contributed by atoms with Crippen LogP contribution in [0.1, 0.15) is 0 Å². The summed E-state index contributed by atoms with van der Waals surface area (Å²) in [4.78, 5) is 0.773. The van der Waals surface area contributed by atoms with Crippen molar-refractivity contribution in [1.29, 1.82) is 0 Å². The number of rotatable bonds is 2. The van der Waals surface area contributed by atoms with Crippen molar-refractivity contribution in [3.05, 3.63) is 22.7 Å². The van der Waals surface area contributed by atoms with E-state index in [4.69, 9.17) is 4.74 Å². The summed E-state index contributed by atoms with van der Waals surface area (Å²) in [6, 6.07) is 5.40. The van der Waals surface area contributed by atoms with Crippen LogP contribution < -0.4 is 4.74 Å². The third-order valence-electron chi connectivity index (χ3n) is 1.45. The smallest absolute Gasteiger partial charge is 0.134 e. The van der Waals surface area contributed by atoms with E-state index in [-0.39, 0.29) is 0 Å². The van der Waals surface area contributed by atoms with Gasteiger partial charge in [0.25, 0.3) is 0 Å².